The standard InChI is InChI=1S/C18H19BrN2O3/c1-3-17(22)20-13-6-8-14(9-7-13)21-18(23)12-5-10-16(24-4-2)15(19)11-12/h5-11H,3-4H2,1-2H3,(H,20,22)(H,21,23). The summed E-state index contributed by atoms with van der Waals surface area (Å²) in [6.07, 6.45) is 0.422. The molecule has 2 N–H and O–H groups in total. The minimum Gasteiger partial charge on any atom is -0.493 e. The van der Waals surface area contributed by atoms with Crippen molar-refractivity contribution in [1.82, 2.24) is 0 Å². The fourth-order valence-corrected chi connectivity index (χ4v) is 2.50. The first-order chi connectivity index (χ1) is 11.5. The number of carbonyl (C=O) groups excluding carboxylic acids is 2. The van der Waals surface area contributed by atoms with Crippen molar-refractivity contribution in [1.29, 1.82) is 0 Å². The maximum atomic E-state index is 12.3. The second-order valence-corrected chi connectivity index (χ2v) is 5.87. The SMILES string of the molecule is CCOc1ccc(C(=O)Nc2ccc(NC(=O)CC)cc2)cc1Br. The maximum Gasteiger partial charge on any atom is 0.255 e. The number of rotatable bonds is 6. The molecule has 0 aromatic heterocycles. The fraction of sp³-hybridized carbons (Fsp3) is 0.222. The molecule has 0 aliphatic rings. The number of carbonyl (C=O) groups is 2. The molecule has 0 aliphatic carbocycles. The Bertz CT molecular complexity index is 730. The number of hydrogen-bond acceptors (Lipinski definition) is 3. The third-order valence-corrected chi connectivity index (χ3v) is 3.86. The van der Waals surface area contributed by atoms with Gasteiger partial charge in [-0.3, -0.25) is 9.59 Å². The number of halogens is 1. The Morgan fingerprint density at radius 3 is 2.17 bits per heavy atom. The number of amides is 2. The maximum absolute atomic E-state index is 12.3. The molecule has 0 spiro atoms. The van der Waals surface area contributed by atoms with Crippen LogP contribution in [0.25, 0.3) is 0 Å². The number of benzene rings is 2. The molecule has 0 heterocycles. The zero-order valence-electron chi connectivity index (χ0n) is 13.6. The van der Waals surface area contributed by atoms with Gasteiger partial charge in [0.25, 0.3) is 5.91 Å². The number of ether oxygens (including phenoxy) is 1. The van der Waals surface area contributed by atoms with E-state index in [1.54, 1.807) is 49.4 Å². The van der Waals surface area contributed by atoms with Gasteiger partial charge in [0, 0.05) is 23.4 Å². The highest BCUT2D eigenvalue weighted by Crippen LogP contribution is 2.26. The Kier molecular flexibility index (Phi) is 6.37. The van der Waals surface area contributed by atoms with E-state index in [2.05, 4.69) is 26.6 Å². The summed E-state index contributed by atoms with van der Waals surface area (Å²) in [5.74, 6) is 0.431. The van der Waals surface area contributed by atoms with Gasteiger partial charge in [0.15, 0.2) is 0 Å². The predicted molar refractivity (Wildman–Crippen MR) is 98.6 cm³/mol. The van der Waals surface area contributed by atoms with Crippen molar-refractivity contribution in [2.24, 2.45) is 0 Å². The lowest BCUT2D eigenvalue weighted by Gasteiger charge is -2.09. The van der Waals surface area contributed by atoms with Gasteiger partial charge in [0.2, 0.25) is 5.91 Å². The Morgan fingerprint density at radius 1 is 1.00 bits per heavy atom. The van der Waals surface area contributed by atoms with Gasteiger partial charge < -0.3 is 15.4 Å². The summed E-state index contributed by atoms with van der Waals surface area (Å²) in [7, 11) is 0. The molecular weight excluding hydrogens is 372 g/mol. The Balaban J connectivity index is 2.04. The third kappa shape index (κ3) is 4.83. The van der Waals surface area contributed by atoms with Crippen molar-refractivity contribution in [2.45, 2.75) is 20.3 Å². The highest BCUT2D eigenvalue weighted by molar-refractivity contribution is 9.10. The van der Waals surface area contributed by atoms with Crippen LogP contribution in [-0.2, 0) is 4.79 Å². The van der Waals surface area contributed by atoms with Crippen LogP contribution in [0.5, 0.6) is 5.75 Å². The molecule has 24 heavy (non-hydrogen) atoms. The highest BCUT2D eigenvalue weighted by Gasteiger charge is 2.10. The molecule has 126 valence electrons. The molecule has 0 aliphatic heterocycles. The molecule has 0 bridgehead atoms. The number of hydrogen-bond donors (Lipinski definition) is 2. The van der Waals surface area contributed by atoms with Crippen molar-refractivity contribution in [3.05, 3.63) is 52.5 Å². The summed E-state index contributed by atoms with van der Waals surface area (Å²) >= 11 is 3.40. The minimum absolute atomic E-state index is 0.0500. The van der Waals surface area contributed by atoms with E-state index in [0.717, 1.165) is 4.47 Å². The molecule has 0 atom stereocenters. The van der Waals surface area contributed by atoms with E-state index < -0.39 is 0 Å². The average Bonchev–Trinajstić information content (AvgIpc) is 2.58. The second-order valence-electron chi connectivity index (χ2n) is 5.01. The first-order valence-corrected chi connectivity index (χ1v) is 8.46. The summed E-state index contributed by atoms with van der Waals surface area (Å²) in [6, 6.07) is 12.2. The van der Waals surface area contributed by atoms with Gasteiger partial charge in [-0.25, -0.2) is 0 Å². The lowest BCUT2D eigenvalue weighted by Crippen LogP contribution is -2.12. The van der Waals surface area contributed by atoms with Gasteiger partial charge in [0.05, 0.1) is 11.1 Å². The normalized spacial score (nSPS) is 10.1. The number of nitrogens with one attached hydrogen (secondary N) is 2. The van der Waals surface area contributed by atoms with Gasteiger partial charge in [-0.05, 0) is 65.3 Å². The first kappa shape index (κ1) is 18.0. The molecule has 0 radical (unpaired) electrons. The van der Waals surface area contributed by atoms with Crippen molar-refractivity contribution in [3.63, 3.8) is 0 Å². The van der Waals surface area contributed by atoms with E-state index in [1.807, 2.05) is 6.92 Å². The van der Waals surface area contributed by atoms with Crippen molar-refractivity contribution in [3.8, 4) is 5.75 Å². The van der Waals surface area contributed by atoms with Crippen LogP contribution in [0.2, 0.25) is 0 Å². The quantitative estimate of drug-likeness (QED) is 0.765. The second kappa shape index (κ2) is 8.49. The molecule has 5 nitrogen and oxygen atoms in total. The zero-order valence-corrected chi connectivity index (χ0v) is 15.1. The van der Waals surface area contributed by atoms with Crippen LogP contribution >= 0.6 is 15.9 Å². The topological polar surface area (TPSA) is 67.4 Å². The summed E-state index contributed by atoms with van der Waals surface area (Å²) in [6.45, 7) is 4.25. The van der Waals surface area contributed by atoms with Crippen LogP contribution in [0.1, 0.15) is 30.6 Å². The predicted octanol–water partition coefficient (Wildman–Crippen LogP) is 4.45. The lowest BCUT2D eigenvalue weighted by atomic mass is 10.2. The molecule has 2 aromatic carbocycles. The molecule has 0 fully saturated rings. The van der Waals surface area contributed by atoms with Crippen LogP contribution < -0.4 is 15.4 Å². The third-order valence-electron chi connectivity index (χ3n) is 3.24. The Labute approximate surface area is 149 Å². The first-order valence-electron chi connectivity index (χ1n) is 7.67. The zero-order chi connectivity index (χ0) is 17.5. The molecule has 2 amide bonds. The molecular formula is C18H19BrN2O3. The lowest BCUT2D eigenvalue weighted by molar-refractivity contribution is -0.115. The minimum atomic E-state index is -0.218. The van der Waals surface area contributed by atoms with Gasteiger partial charge >= 0.3 is 0 Å². The van der Waals surface area contributed by atoms with Crippen molar-refractivity contribution in [2.75, 3.05) is 17.2 Å². The van der Waals surface area contributed by atoms with Crippen LogP contribution in [-0.4, -0.2) is 18.4 Å². The molecule has 2 aromatic rings. The van der Waals surface area contributed by atoms with Crippen LogP contribution in [0.4, 0.5) is 11.4 Å². The highest BCUT2D eigenvalue weighted by atomic mass is 79.9. The van der Waals surface area contributed by atoms with Gasteiger partial charge in [0.1, 0.15) is 5.75 Å². The fourth-order valence-electron chi connectivity index (χ4n) is 2.00. The molecule has 0 saturated heterocycles. The summed E-state index contributed by atoms with van der Waals surface area (Å²) in [4.78, 5) is 23.6. The largest absolute Gasteiger partial charge is 0.493 e. The van der Waals surface area contributed by atoms with Crippen molar-refractivity contribution < 1.29 is 14.3 Å². The van der Waals surface area contributed by atoms with Gasteiger partial charge in [-0.15, -0.1) is 0 Å². The smallest absolute Gasteiger partial charge is 0.255 e. The van der Waals surface area contributed by atoms with Crippen LogP contribution in [0.3, 0.4) is 0 Å². The van der Waals surface area contributed by atoms with E-state index in [9.17, 15) is 9.59 Å². The Morgan fingerprint density at radius 2 is 1.62 bits per heavy atom. The molecule has 0 saturated carbocycles. The summed E-state index contributed by atoms with van der Waals surface area (Å²) < 4.78 is 6.16. The van der Waals surface area contributed by atoms with E-state index in [-0.39, 0.29) is 11.8 Å². The average molecular weight is 391 g/mol. The van der Waals surface area contributed by atoms with Crippen molar-refractivity contribution >= 4 is 39.1 Å². The van der Waals surface area contributed by atoms with E-state index in [0.29, 0.717) is 35.7 Å². The van der Waals surface area contributed by atoms with Crippen LogP contribution in [0.15, 0.2) is 46.9 Å². The van der Waals surface area contributed by atoms with Gasteiger partial charge in [-0.2, -0.15) is 0 Å². The molecule has 0 unspecified atom stereocenters. The molecule has 2 rings (SSSR count). The molecule has 6 heteroatoms. The number of anilines is 2. The monoisotopic (exact) mass is 390 g/mol. The van der Waals surface area contributed by atoms with E-state index in [1.165, 1.54) is 0 Å². The summed E-state index contributed by atoms with van der Waals surface area (Å²) in [5.41, 5.74) is 1.87. The summed E-state index contributed by atoms with van der Waals surface area (Å²) in [5, 5.41) is 5.58. The van der Waals surface area contributed by atoms with E-state index in [4.69, 9.17) is 4.74 Å². The van der Waals surface area contributed by atoms with Crippen LogP contribution in [0, 0.1) is 0 Å². The van der Waals surface area contributed by atoms with E-state index >= 15 is 0 Å². The Hall–Kier alpha value is -2.34. The van der Waals surface area contributed by atoms with Gasteiger partial charge in [-0.1, -0.05) is 6.92 Å².